The largest absolute Gasteiger partial charge is 0.481 e. The SMILES string of the molecule is Cn1c(C=CC(O)CC(O)CC(=O)O)c(-c2ccc(F)cc2)c2cccnc21. The second kappa shape index (κ2) is 8.33. The van der Waals surface area contributed by atoms with Gasteiger partial charge in [-0.25, -0.2) is 9.37 Å². The van der Waals surface area contributed by atoms with Crippen molar-refractivity contribution in [2.24, 2.45) is 7.05 Å². The van der Waals surface area contributed by atoms with Crippen molar-refractivity contribution in [1.82, 2.24) is 9.55 Å². The molecule has 7 heteroatoms. The molecule has 2 aromatic heterocycles. The maximum absolute atomic E-state index is 13.4. The summed E-state index contributed by atoms with van der Waals surface area (Å²) in [5.74, 6) is -1.45. The Kier molecular flexibility index (Phi) is 5.87. The summed E-state index contributed by atoms with van der Waals surface area (Å²) in [5, 5.41) is 29.4. The number of aliphatic carboxylic acids is 1. The van der Waals surface area contributed by atoms with Crippen LogP contribution in [-0.4, -0.2) is 43.0 Å². The van der Waals surface area contributed by atoms with Gasteiger partial charge in [0.05, 0.1) is 24.3 Å². The minimum atomic E-state index is -1.14. The lowest BCUT2D eigenvalue weighted by molar-refractivity contribution is -0.139. The molecule has 146 valence electrons. The zero-order chi connectivity index (χ0) is 20.3. The van der Waals surface area contributed by atoms with E-state index in [0.29, 0.717) is 0 Å². The fraction of sp³-hybridized carbons (Fsp3) is 0.238. The number of aromatic nitrogens is 2. The van der Waals surface area contributed by atoms with Gasteiger partial charge in [0.2, 0.25) is 0 Å². The van der Waals surface area contributed by atoms with E-state index in [9.17, 15) is 19.4 Å². The van der Waals surface area contributed by atoms with Crippen molar-refractivity contribution >= 4 is 23.1 Å². The molecule has 0 fully saturated rings. The highest BCUT2D eigenvalue weighted by Gasteiger charge is 2.17. The van der Waals surface area contributed by atoms with Crippen LogP contribution < -0.4 is 0 Å². The first-order chi connectivity index (χ1) is 13.4. The number of benzene rings is 1. The Morgan fingerprint density at radius 3 is 2.64 bits per heavy atom. The third-order valence-corrected chi connectivity index (χ3v) is 4.52. The van der Waals surface area contributed by atoms with Gasteiger partial charge in [-0.1, -0.05) is 18.2 Å². The van der Waals surface area contributed by atoms with Crippen LogP contribution in [-0.2, 0) is 11.8 Å². The van der Waals surface area contributed by atoms with Crippen LogP contribution in [0.4, 0.5) is 4.39 Å². The number of fused-ring (bicyclic) bond motifs is 1. The Morgan fingerprint density at radius 2 is 1.96 bits per heavy atom. The van der Waals surface area contributed by atoms with Gasteiger partial charge in [-0.05, 0) is 35.9 Å². The van der Waals surface area contributed by atoms with Gasteiger partial charge in [0.15, 0.2) is 0 Å². The maximum Gasteiger partial charge on any atom is 0.305 e. The Labute approximate surface area is 161 Å². The Morgan fingerprint density at radius 1 is 1.25 bits per heavy atom. The summed E-state index contributed by atoms with van der Waals surface area (Å²) >= 11 is 0. The number of hydrogen-bond acceptors (Lipinski definition) is 4. The number of halogens is 1. The highest BCUT2D eigenvalue weighted by molar-refractivity contribution is 5.99. The molecule has 6 nitrogen and oxygen atoms in total. The van der Waals surface area contributed by atoms with Crippen LogP contribution in [0.2, 0.25) is 0 Å². The molecule has 3 aromatic rings. The molecule has 0 saturated heterocycles. The Bertz CT molecular complexity index is 1010. The lowest BCUT2D eigenvalue weighted by Crippen LogP contribution is -2.19. The molecule has 0 aliphatic carbocycles. The predicted molar refractivity (Wildman–Crippen MR) is 104 cm³/mol. The van der Waals surface area contributed by atoms with Gasteiger partial charge in [0, 0.05) is 30.6 Å². The van der Waals surface area contributed by atoms with E-state index in [0.717, 1.165) is 27.9 Å². The number of carboxylic acid groups (broad SMARTS) is 1. The Balaban J connectivity index is 1.98. The molecule has 0 saturated carbocycles. The first kappa shape index (κ1) is 19.7. The van der Waals surface area contributed by atoms with Gasteiger partial charge in [-0.2, -0.15) is 0 Å². The van der Waals surface area contributed by atoms with Crippen LogP contribution in [0.3, 0.4) is 0 Å². The van der Waals surface area contributed by atoms with Crippen molar-refractivity contribution in [2.75, 3.05) is 0 Å². The van der Waals surface area contributed by atoms with Gasteiger partial charge in [-0.3, -0.25) is 4.79 Å². The van der Waals surface area contributed by atoms with Gasteiger partial charge >= 0.3 is 5.97 Å². The fourth-order valence-electron chi connectivity index (χ4n) is 3.24. The average molecular weight is 384 g/mol. The molecule has 0 bridgehead atoms. The van der Waals surface area contributed by atoms with Gasteiger partial charge in [-0.15, -0.1) is 0 Å². The van der Waals surface area contributed by atoms with Crippen LogP contribution in [0.25, 0.3) is 28.2 Å². The number of rotatable bonds is 7. The van der Waals surface area contributed by atoms with Crippen LogP contribution in [0, 0.1) is 5.82 Å². The second-order valence-electron chi connectivity index (χ2n) is 6.61. The molecular weight excluding hydrogens is 363 g/mol. The summed E-state index contributed by atoms with van der Waals surface area (Å²) in [5.41, 5.74) is 3.15. The standard InChI is InChI=1S/C21H21FN2O4/c1-24-18(9-8-15(25)11-16(26)12-19(27)28)20(13-4-6-14(22)7-5-13)17-3-2-10-23-21(17)24/h2-10,15-16,25-26H,11-12H2,1H3,(H,27,28). The molecular formula is C21H21FN2O4. The highest BCUT2D eigenvalue weighted by Crippen LogP contribution is 2.34. The number of aliphatic hydroxyl groups excluding tert-OH is 2. The summed E-state index contributed by atoms with van der Waals surface area (Å²) in [6.07, 6.45) is 2.23. The minimum Gasteiger partial charge on any atom is -0.481 e. The molecule has 3 rings (SSSR count). The van der Waals surface area contributed by atoms with E-state index in [1.807, 2.05) is 23.7 Å². The highest BCUT2D eigenvalue weighted by atomic mass is 19.1. The van der Waals surface area contributed by atoms with Gasteiger partial charge < -0.3 is 19.9 Å². The summed E-state index contributed by atoms with van der Waals surface area (Å²) < 4.78 is 15.2. The molecule has 2 atom stereocenters. The number of nitrogens with zero attached hydrogens (tertiary/aromatic N) is 2. The smallest absolute Gasteiger partial charge is 0.305 e. The molecule has 1 aromatic carbocycles. The summed E-state index contributed by atoms with van der Waals surface area (Å²) in [6.45, 7) is 0. The number of hydrogen-bond donors (Lipinski definition) is 3. The monoisotopic (exact) mass is 384 g/mol. The molecule has 2 heterocycles. The van der Waals surface area contributed by atoms with Crippen LogP contribution in [0.15, 0.2) is 48.7 Å². The average Bonchev–Trinajstić information content (AvgIpc) is 2.92. The molecule has 0 spiro atoms. The van der Waals surface area contributed by atoms with Gasteiger partial charge in [0.25, 0.3) is 0 Å². The third-order valence-electron chi connectivity index (χ3n) is 4.52. The van der Waals surface area contributed by atoms with Crippen LogP contribution in [0.1, 0.15) is 18.5 Å². The topological polar surface area (TPSA) is 95.6 Å². The van der Waals surface area contributed by atoms with Crippen molar-refractivity contribution in [3.63, 3.8) is 0 Å². The first-order valence-corrected chi connectivity index (χ1v) is 8.82. The van der Waals surface area contributed by atoms with Crippen molar-refractivity contribution in [1.29, 1.82) is 0 Å². The van der Waals surface area contributed by atoms with E-state index in [1.165, 1.54) is 18.2 Å². The van der Waals surface area contributed by atoms with E-state index >= 15 is 0 Å². The number of aliphatic hydroxyl groups is 2. The lowest BCUT2D eigenvalue weighted by atomic mass is 10.0. The number of aryl methyl sites for hydroxylation is 1. The van der Waals surface area contributed by atoms with Crippen LogP contribution in [0.5, 0.6) is 0 Å². The predicted octanol–water partition coefficient (Wildman–Crippen LogP) is 2.98. The Hall–Kier alpha value is -3.03. The van der Waals surface area contributed by atoms with Crippen molar-refractivity contribution in [3.8, 4) is 11.1 Å². The van der Waals surface area contributed by atoms with E-state index < -0.39 is 24.6 Å². The molecule has 0 aliphatic heterocycles. The quantitative estimate of drug-likeness (QED) is 0.582. The third kappa shape index (κ3) is 4.27. The van der Waals surface area contributed by atoms with E-state index in [1.54, 1.807) is 24.4 Å². The molecule has 0 amide bonds. The first-order valence-electron chi connectivity index (χ1n) is 8.82. The summed E-state index contributed by atoms with van der Waals surface area (Å²) in [6, 6.07) is 9.87. The molecule has 0 radical (unpaired) electrons. The summed E-state index contributed by atoms with van der Waals surface area (Å²) in [7, 11) is 1.84. The van der Waals surface area contributed by atoms with Crippen LogP contribution >= 0.6 is 0 Å². The number of carbonyl (C=O) groups is 1. The van der Waals surface area contributed by atoms with E-state index in [4.69, 9.17) is 5.11 Å². The fourth-order valence-corrected chi connectivity index (χ4v) is 3.24. The normalized spacial score (nSPS) is 13.9. The zero-order valence-corrected chi connectivity index (χ0v) is 15.3. The second-order valence-corrected chi connectivity index (χ2v) is 6.61. The molecule has 2 unspecified atom stereocenters. The molecule has 28 heavy (non-hydrogen) atoms. The number of pyridine rings is 1. The zero-order valence-electron chi connectivity index (χ0n) is 15.3. The molecule has 0 aliphatic rings. The summed E-state index contributed by atoms with van der Waals surface area (Å²) in [4.78, 5) is 15.0. The number of carboxylic acids is 1. The van der Waals surface area contributed by atoms with Gasteiger partial charge in [0.1, 0.15) is 11.5 Å². The van der Waals surface area contributed by atoms with Crippen molar-refractivity contribution in [2.45, 2.75) is 25.0 Å². The molecule has 3 N–H and O–H groups in total. The van der Waals surface area contributed by atoms with E-state index in [2.05, 4.69) is 4.98 Å². The van der Waals surface area contributed by atoms with E-state index in [-0.39, 0.29) is 12.2 Å². The maximum atomic E-state index is 13.4. The van der Waals surface area contributed by atoms with Crippen molar-refractivity contribution in [3.05, 3.63) is 60.2 Å². The minimum absolute atomic E-state index is 0.0864. The van der Waals surface area contributed by atoms with Crippen molar-refractivity contribution < 1.29 is 24.5 Å². The lowest BCUT2D eigenvalue weighted by Gasteiger charge is -2.11.